The maximum absolute atomic E-state index is 5.74. The lowest BCUT2D eigenvalue weighted by atomic mass is 10.4. The third-order valence-electron chi connectivity index (χ3n) is 1.25. The van der Waals surface area contributed by atoms with E-state index < -0.39 is 8.24 Å². The lowest BCUT2D eigenvalue weighted by Crippen LogP contribution is -2.32. The second-order valence-electron chi connectivity index (χ2n) is 3.74. The highest BCUT2D eigenvalue weighted by Gasteiger charge is 2.12. The van der Waals surface area contributed by atoms with Crippen LogP contribution in [-0.2, 0) is 0 Å². The Morgan fingerprint density at radius 1 is 1.42 bits per heavy atom. The fourth-order valence-corrected chi connectivity index (χ4v) is 2.11. The average molecular weight is 201 g/mol. The number of hydrogen-bond donors (Lipinski definition) is 1. The van der Waals surface area contributed by atoms with Crippen LogP contribution in [-0.4, -0.2) is 13.2 Å². The largest absolute Gasteiger partial charge is 0.411 e. The van der Waals surface area contributed by atoms with Gasteiger partial charge in [0.2, 0.25) is 0 Å². The third kappa shape index (κ3) is 3.24. The first-order valence-corrected chi connectivity index (χ1v) is 7.75. The van der Waals surface area contributed by atoms with Crippen LogP contribution in [0.3, 0.4) is 0 Å². The fourth-order valence-electron chi connectivity index (χ4n) is 0.913. The first kappa shape index (κ1) is 9.54. The van der Waals surface area contributed by atoms with Gasteiger partial charge in [0.05, 0.1) is 0 Å². The van der Waals surface area contributed by atoms with E-state index in [0.29, 0.717) is 5.15 Å². The van der Waals surface area contributed by atoms with Gasteiger partial charge in [-0.2, -0.15) is 0 Å². The first-order chi connectivity index (χ1) is 5.47. The van der Waals surface area contributed by atoms with Gasteiger partial charge < -0.3 is 4.98 Å². The van der Waals surface area contributed by atoms with Crippen LogP contribution < -0.4 is 4.98 Å². The van der Waals surface area contributed by atoms with Crippen molar-refractivity contribution in [3.8, 4) is 0 Å². The Hall–Kier alpha value is -0.543. The number of anilines is 1. The first-order valence-electron chi connectivity index (χ1n) is 3.87. The number of nitrogens with zero attached hydrogens (tertiary/aromatic N) is 1. The van der Waals surface area contributed by atoms with Crippen molar-refractivity contribution < 1.29 is 0 Å². The number of halogens is 1. The summed E-state index contributed by atoms with van der Waals surface area (Å²) in [4.78, 5) is 7.35. The summed E-state index contributed by atoms with van der Waals surface area (Å²) < 4.78 is 0. The van der Waals surface area contributed by atoms with E-state index in [1.54, 1.807) is 6.20 Å². The minimum absolute atomic E-state index is 0.540. The normalized spacial score (nSPS) is 11.3. The molecule has 1 N–H and O–H groups in total. The Bertz CT molecular complexity index is 270. The Balaban J connectivity index is 2.77. The van der Waals surface area contributed by atoms with E-state index in [4.69, 9.17) is 11.6 Å². The van der Waals surface area contributed by atoms with E-state index >= 15 is 0 Å². The van der Waals surface area contributed by atoms with Crippen LogP contribution in [0.1, 0.15) is 0 Å². The highest BCUT2D eigenvalue weighted by atomic mass is 35.5. The molecule has 4 heteroatoms. The molecule has 0 aliphatic carbocycles. The quantitative estimate of drug-likeness (QED) is 0.587. The monoisotopic (exact) mass is 200 g/mol. The fraction of sp³-hybridized carbons (Fsp3) is 0.375. The minimum atomic E-state index is -1.26. The van der Waals surface area contributed by atoms with Crippen molar-refractivity contribution in [1.82, 2.24) is 4.98 Å². The number of pyridine rings is 1. The number of hydrogen-bond acceptors (Lipinski definition) is 2. The maximum atomic E-state index is 5.74. The van der Waals surface area contributed by atoms with Gasteiger partial charge in [-0.25, -0.2) is 4.98 Å². The summed E-state index contributed by atoms with van der Waals surface area (Å²) >= 11 is 5.74. The zero-order chi connectivity index (χ0) is 9.19. The molecule has 1 aromatic rings. The van der Waals surface area contributed by atoms with Crippen molar-refractivity contribution >= 4 is 25.5 Å². The summed E-state index contributed by atoms with van der Waals surface area (Å²) in [6.45, 7) is 6.71. The topological polar surface area (TPSA) is 24.9 Å². The van der Waals surface area contributed by atoms with E-state index in [1.807, 2.05) is 12.1 Å². The number of rotatable bonds is 2. The lowest BCUT2D eigenvalue weighted by Gasteiger charge is -2.19. The molecule has 12 heavy (non-hydrogen) atoms. The molecule has 0 amide bonds. The molecule has 0 fully saturated rings. The van der Waals surface area contributed by atoms with Gasteiger partial charge in [-0.15, -0.1) is 0 Å². The molecule has 0 atom stereocenters. The third-order valence-corrected chi connectivity index (χ3v) is 2.49. The second kappa shape index (κ2) is 3.45. The van der Waals surface area contributed by atoms with Crippen molar-refractivity contribution in [3.05, 3.63) is 23.5 Å². The molecule has 1 rings (SSSR count). The molecule has 0 aliphatic heterocycles. The Kier molecular flexibility index (Phi) is 2.75. The van der Waals surface area contributed by atoms with Gasteiger partial charge in [-0.1, -0.05) is 31.2 Å². The zero-order valence-corrected chi connectivity index (χ0v) is 9.31. The lowest BCUT2D eigenvalue weighted by molar-refractivity contribution is 1.33. The summed E-state index contributed by atoms with van der Waals surface area (Å²) in [6.07, 6.45) is 1.71. The molecule has 0 aromatic carbocycles. The van der Waals surface area contributed by atoms with E-state index in [9.17, 15) is 0 Å². The molecular formula is C8H13ClN2Si. The zero-order valence-electron chi connectivity index (χ0n) is 7.56. The Labute approximate surface area is 79.1 Å². The van der Waals surface area contributed by atoms with Gasteiger partial charge in [0.1, 0.15) is 13.4 Å². The molecule has 1 aromatic heterocycles. The number of aromatic nitrogens is 1. The van der Waals surface area contributed by atoms with Gasteiger partial charge in [0.25, 0.3) is 0 Å². The summed E-state index contributed by atoms with van der Waals surface area (Å²) in [6, 6.07) is 3.78. The van der Waals surface area contributed by atoms with Crippen LogP contribution in [0.15, 0.2) is 18.3 Å². The summed E-state index contributed by atoms with van der Waals surface area (Å²) in [5.74, 6) is 0. The van der Waals surface area contributed by atoms with E-state index in [-0.39, 0.29) is 0 Å². The Morgan fingerprint density at radius 3 is 2.58 bits per heavy atom. The molecule has 0 saturated carbocycles. The van der Waals surface area contributed by atoms with Crippen LogP contribution in [0.5, 0.6) is 0 Å². The van der Waals surface area contributed by atoms with Crippen molar-refractivity contribution in [2.75, 3.05) is 4.98 Å². The molecule has 2 nitrogen and oxygen atoms in total. The van der Waals surface area contributed by atoms with Crippen LogP contribution in [0.4, 0.5) is 5.69 Å². The second-order valence-corrected chi connectivity index (χ2v) is 8.88. The van der Waals surface area contributed by atoms with E-state index in [2.05, 4.69) is 29.6 Å². The highest BCUT2D eigenvalue weighted by Crippen LogP contribution is 2.15. The predicted octanol–water partition coefficient (Wildman–Crippen LogP) is 2.98. The average Bonchev–Trinajstić information content (AvgIpc) is 1.82. The summed E-state index contributed by atoms with van der Waals surface area (Å²) in [5.41, 5.74) is 1.06. The molecule has 66 valence electrons. The molecular weight excluding hydrogens is 188 g/mol. The molecule has 0 spiro atoms. The smallest absolute Gasteiger partial charge is 0.144 e. The van der Waals surface area contributed by atoms with Crippen LogP contribution in [0.25, 0.3) is 0 Å². The number of nitrogens with one attached hydrogen (secondary N) is 1. The van der Waals surface area contributed by atoms with Gasteiger partial charge >= 0.3 is 0 Å². The maximum Gasteiger partial charge on any atom is 0.144 e. The highest BCUT2D eigenvalue weighted by molar-refractivity contribution is 6.79. The molecule has 0 unspecified atom stereocenters. The van der Waals surface area contributed by atoms with Gasteiger partial charge in [0, 0.05) is 11.9 Å². The van der Waals surface area contributed by atoms with Crippen molar-refractivity contribution in [3.63, 3.8) is 0 Å². The van der Waals surface area contributed by atoms with E-state index in [1.165, 1.54) is 0 Å². The van der Waals surface area contributed by atoms with Crippen molar-refractivity contribution in [2.45, 2.75) is 19.6 Å². The molecule has 0 aliphatic rings. The molecule has 0 radical (unpaired) electrons. The molecule has 0 bridgehead atoms. The van der Waals surface area contributed by atoms with Crippen molar-refractivity contribution in [2.24, 2.45) is 0 Å². The predicted molar refractivity (Wildman–Crippen MR) is 56.2 cm³/mol. The SMILES string of the molecule is C[Si](C)(C)Nc1ccnc(Cl)c1. The molecule has 1 heterocycles. The Morgan fingerprint density at radius 2 is 2.08 bits per heavy atom. The van der Waals surface area contributed by atoms with Crippen LogP contribution >= 0.6 is 11.6 Å². The van der Waals surface area contributed by atoms with Crippen molar-refractivity contribution in [1.29, 1.82) is 0 Å². The summed E-state index contributed by atoms with van der Waals surface area (Å²) in [7, 11) is -1.26. The van der Waals surface area contributed by atoms with Gasteiger partial charge in [-0.3, -0.25) is 0 Å². The standard InChI is InChI=1S/C8H13ClN2Si/c1-12(2,3)11-7-4-5-10-8(9)6-7/h4-6H,1-3H3,(H,10,11). The van der Waals surface area contributed by atoms with E-state index in [0.717, 1.165) is 5.69 Å². The minimum Gasteiger partial charge on any atom is -0.411 e. The molecule has 0 saturated heterocycles. The van der Waals surface area contributed by atoms with Crippen LogP contribution in [0.2, 0.25) is 24.8 Å². The summed E-state index contributed by atoms with van der Waals surface area (Å²) in [5, 5.41) is 0.540. The van der Waals surface area contributed by atoms with Gasteiger partial charge in [0.15, 0.2) is 0 Å². The van der Waals surface area contributed by atoms with Crippen LogP contribution in [0, 0.1) is 0 Å². The van der Waals surface area contributed by atoms with Gasteiger partial charge in [-0.05, 0) is 12.1 Å².